The molecule has 0 saturated carbocycles. The highest BCUT2D eigenvalue weighted by Gasteiger charge is 1.85. The highest BCUT2D eigenvalue weighted by Crippen LogP contribution is 1.74. The van der Waals surface area contributed by atoms with Crippen LogP contribution in [0.25, 0.3) is 0 Å². The maximum atomic E-state index is 9.67. The smallest absolute Gasteiger partial charge is 0.145 e. The number of carbonyl (C=O) groups is 2. The van der Waals surface area contributed by atoms with Gasteiger partial charge in [-0.05, 0) is 0 Å². The molecule has 0 aliphatic rings. The summed E-state index contributed by atoms with van der Waals surface area (Å²) in [6, 6.07) is 0. The first-order valence-electron chi connectivity index (χ1n) is 4.08. The second-order valence-corrected chi connectivity index (χ2v) is 1.93. The zero-order valence-electron chi connectivity index (χ0n) is 7.92. The summed E-state index contributed by atoms with van der Waals surface area (Å²) in [7, 11) is 0. The summed E-state index contributed by atoms with van der Waals surface area (Å²) in [6.45, 7) is 0.633. The van der Waals surface area contributed by atoms with Crippen molar-refractivity contribution in [2.24, 2.45) is 0 Å². The van der Waals surface area contributed by atoms with E-state index in [1.807, 2.05) is 0 Å². The minimum absolute atomic E-state index is 0.0877. The summed E-state index contributed by atoms with van der Waals surface area (Å²) in [5.41, 5.74) is 0. The van der Waals surface area contributed by atoms with Crippen LogP contribution in [-0.2, 0) is 19.1 Å². The number of carbonyl (C=O) groups excluding carboxylic acids is 2. The van der Waals surface area contributed by atoms with Gasteiger partial charge in [-0.25, -0.2) is 0 Å². The lowest BCUT2D eigenvalue weighted by atomic mass is 10.7. The molecule has 84 valence electrons. The third kappa shape index (κ3) is 22.5. The molecule has 2 N–H and O–H groups in total. The van der Waals surface area contributed by atoms with E-state index in [4.69, 9.17) is 19.7 Å². The fourth-order valence-electron chi connectivity index (χ4n) is 0.381. The van der Waals surface area contributed by atoms with Gasteiger partial charge >= 0.3 is 0 Å². The molecule has 6 heteroatoms. The molecule has 6 nitrogen and oxygen atoms in total. The summed E-state index contributed by atoms with van der Waals surface area (Å²) in [4.78, 5) is 19.3. The zero-order valence-corrected chi connectivity index (χ0v) is 7.92. The predicted molar refractivity (Wildman–Crippen MR) is 47.9 cm³/mol. The van der Waals surface area contributed by atoms with Crippen LogP contribution in [0.5, 0.6) is 0 Å². The van der Waals surface area contributed by atoms with Gasteiger partial charge in [-0.2, -0.15) is 0 Å². The standard InChI is InChI=1S/C6H10O4.C2H6O2/c7-1-3-9-5-6-10-4-2-8;3-1-2-4/h1-2H,3-6H2;3-4H,1-2H2. The Morgan fingerprint density at radius 2 is 1.21 bits per heavy atom. The molecule has 0 unspecified atom stereocenters. The molecule has 0 heterocycles. The number of hydrogen-bond donors (Lipinski definition) is 2. The molecule has 14 heavy (non-hydrogen) atoms. The average Bonchev–Trinajstić information content (AvgIpc) is 2.24. The van der Waals surface area contributed by atoms with E-state index in [1.54, 1.807) is 0 Å². The SMILES string of the molecule is O=CCOCCOCC=O.OCCO. The minimum Gasteiger partial charge on any atom is -0.394 e. The molecule has 0 aliphatic heterocycles. The number of aldehydes is 2. The van der Waals surface area contributed by atoms with Crippen molar-refractivity contribution in [3.8, 4) is 0 Å². The van der Waals surface area contributed by atoms with Crippen molar-refractivity contribution in [2.75, 3.05) is 39.6 Å². The lowest BCUT2D eigenvalue weighted by Gasteiger charge is -1.98. The molecule has 0 radical (unpaired) electrons. The van der Waals surface area contributed by atoms with Crippen LogP contribution in [-0.4, -0.2) is 62.4 Å². The van der Waals surface area contributed by atoms with Gasteiger partial charge < -0.3 is 29.3 Å². The van der Waals surface area contributed by atoms with Crippen molar-refractivity contribution >= 4 is 12.6 Å². The highest BCUT2D eigenvalue weighted by atomic mass is 16.5. The Hall–Kier alpha value is -0.820. The van der Waals surface area contributed by atoms with Crippen LogP contribution in [0.2, 0.25) is 0 Å². The van der Waals surface area contributed by atoms with Crippen molar-refractivity contribution in [1.82, 2.24) is 0 Å². The molecular weight excluding hydrogens is 192 g/mol. The van der Waals surface area contributed by atoms with Gasteiger partial charge in [0.25, 0.3) is 0 Å². The molecule has 0 bridgehead atoms. The van der Waals surface area contributed by atoms with E-state index in [0.717, 1.165) is 0 Å². The first kappa shape index (κ1) is 15.6. The van der Waals surface area contributed by atoms with Crippen molar-refractivity contribution < 1.29 is 29.3 Å². The molecule has 0 aromatic heterocycles. The van der Waals surface area contributed by atoms with Crippen molar-refractivity contribution in [3.05, 3.63) is 0 Å². The second kappa shape index (κ2) is 18.1. The first-order valence-corrected chi connectivity index (χ1v) is 4.08. The van der Waals surface area contributed by atoms with Crippen LogP contribution in [0.4, 0.5) is 0 Å². The second-order valence-electron chi connectivity index (χ2n) is 1.93. The van der Waals surface area contributed by atoms with Crippen LogP contribution in [0.1, 0.15) is 0 Å². The normalized spacial score (nSPS) is 8.71. The van der Waals surface area contributed by atoms with Gasteiger partial charge in [-0.1, -0.05) is 0 Å². The van der Waals surface area contributed by atoms with Crippen molar-refractivity contribution in [2.45, 2.75) is 0 Å². The van der Waals surface area contributed by atoms with Crippen molar-refractivity contribution in [1.29, 1.82) is 0 Å². The van der Waals surface area contributed by atoms with E-state index in [2.05, 4.69) is 0 Å². The van der Waals surface area contributed by atoms with E-state index in [0.29, 0.717) is 25.8 Å². The van der Waals surface area contributed by atoms with Gasteiger partial charge in [-0.3, -0.25) is 0 Å². The van der Waals surface area contributed by atoms with Crippen LogP contribution in [0.15, 0.2) is 0 Å². The molecule has 0 aromatic carbocycles. The summed E-state index contributed by atoms with van der Waals surface area (Å²) in [5.74, 6) is 0. The summed E-state index contributed by atoms with van der Waals surface area (Å²) in [6.07, 6.45) is 1.33. The van der Waals surface area contributed by atoms with Gasteiger partial charge in [0.1, 0.15) is 25.8 Å². The minimum atomic E-state index is -0.125. The Kier molecular flexibility index (Phi) is 20.2. The molecular formula is C8H16O6. The third-order valence-electron chi connectivity index (χ3n) is 0.844. The molecule has 0 aliphatic carbocycles. The zero-order chi connectivity index (χ0) is 11.1. The lowest BCUT2D eigenvalue weighted by molar-refractivity contribution is -0.115. The first-order chi connectivity index (χ1) is 6.83. The summed E-state index contributed by atoms with van der Waals surface area (Å²) < 4.78 is 9.44. The number of ether oxygens (including phenoxy) is 2. The number of hydrogen-bond acceptors (Lipinski definition) is 6. The third-order valence-corrected chi connectivity index (χ3v) is 0.844. The molecule has 0 aromatic rings. The number of rotatable bonds is 8. The summed E-state index contributed by atoms with van der Waals surface area (Å²) in [5, 5.41) is 15.2. The molecule has 0 saturated heterocycles. The summed E-state index contributed by atoms with van der Waals surface area (Å²) >= 11 is 0. The van der Waals surface area contributed by atoms with E-state index in [9.17, 15) is 9.59 Å². The predicted octanol–water partition coefficient (Wildman–Crippen LogP) is -1.61. The van der Waals surface area contributed by atoms with Gasteiger partial charge in [0.2, 0.25) is 0 Å². The maximum absolute atomic E-state index is 9.67. The number of aliphatic hydroxyl groups is 2. The van der Waals surface area contributed by atoms with E-state index in [-0.39, 0.29) is 26.4 Å². The molecule has 0 spiro atoms. The fraction of sp³-hybridized carbons (Fsp3) is 0.750. The monoisotopic (exact) mass is 208 g/mol. The molecule has 0 fully saturated rings. The Bertz CT molecular complexity index is 102. The Morgan fingerprint density at radius 1 is 0.857 bits per heavy atom. The van der Waals surface area contributed by atoms with Gasteiger partial charge in [0.15, 0.2) is 0 Å². The number of aliphatic hydroxyl groups excluding tert-OH is 2. The Morgan fingerprint density at radius 3 is 1.43 bits per heavy atom. The van der Waals surface area contributed by atoms with Crippen molar-refractivity contribution in [3.63, 3.8) is 0 Å². The van der Waals surface area contributed by atoms with Crippen LogP contribution in [0, 0.1) is 0 Å². The van der Waals surface area contributed by atoms with Gasteiger partial charge in [-0.15, -0.1) is 0 Å². The van der Waals surface area contributed by atoms with Crippen LogP contribution < -0.4 is 0 Å². The van der Waals surface area contributed by atoms with E-state index < -0.39 is 0 Å². The molecule has 0 rings (SSSR count). The van der Waals surface area contributed by atoms with Gasteiger partial charge in [0, 0.05) is 0 Å². The van der Waals surface area contributed by atoms with E-state index >= 15 is 0 Å². The molecule has 0 amide bonds. The lowest BCUT2D eigenvalue weighted by Crippen LogP contribution is -2.06. The Labute approximate surface area is 82.4 Å². The topological polar surface area (TPSA) is 93.1 Å². The largest absolute Gasteiger partial charge is 0.394 e. The van der Waals surface area contributed by atoms with E-state index in [1.165, 1.54) is 0 Å². The highest BCUT2D eigenvalue weighted by molar-refractivity contribution is 5.50. The van der Waals surface area contributed by atoms with Crippen LogP contribution >= 0.6 is 0 Å². The average molecular weight is 208 g/mol. The van der Waals surface area contributed by atoms with Crippen LogP contribution in [0.3, 0.4) is 0 Å². The molecule has 0 atom stereocenters. The van der Waals surface area contributed by atoms with Gasteiger partial charge in [0.05, 0.1) is 26.4 Å². The Balaban J connectivity index is 0. The fourth-order valence-corrected chi connectivity index (χ4v) is 0.381. The maximum Gasteiger partial charge on any atom is 0.145 e. The quantitative estimate of drug-likeness (QED) is 0.368.